The first-order valence-corrected chi connectivity index (χ1v) is 9.20. The second kappa shape index (κ2) is 7.46. The lowest BCUT2D eigenvalue weighted by molar-refractivity contribution is 0.0760. The van der Waals surface area contributed by atoms with E-state index >= 15 is 0 Å². The molecule has 0 fully saturated rings. The molecule has 0 radical (unpaired) electrons. The summed E-state index contributed by atoms with van der Waals surface area (Å²) in [6.07, 6.45) is 3.22. The Balaban J connectivity index is 2.20. The lowest BCUT2D eigenvalue weighted by Crippen LogP contribution is -2.28. The molecule has 0 N–H and O–H groups in total. The number of hydrogen-bond donors (Lipinski definition) is 0. The first kappa shape index (κ1) is 17.3. The molecule has 0 unspecified atom stereocenters. The Hall–Kier alpha value is -2.08. The highest BCUT2D eigenvalue weighted by molar-refractivity contribution is 7.90. The first-order valence-electron chi connectivity index (χ1n) is 7.55. The van der Waals surface area contributed by atoms with Crippen molar-refractivity contribution in [1.29, 1.82) is 0 Å². The van der Waals surface area contributed by atoms with E-state index in [4.69, 9.17) is 4.42 Å². The maximum Gasteiger partial charge on any atom is 0.289 e. The van der Waals surface area contributed by atoms with Crippen LogP contribution in [0.25, 0.3) is 0 Å². The van der Waals surface area contributed by atoms with Crippen molar-refractivity contribution in [2.75, 3.05) is 13.6 Å². The molecule has 0 saturated heterocycles. The van der Waals surface area contributed by atoms with Crippen LogP contribution < -0.4 is 0 Å². The van der Waals surface area contributed by atoms with Gasteiger partial charge >= 0.3 is 0 Å². The average molecular weight is 335 g/mol. The fourth-order valence-corrected chi connectivity index (χ4v) is 3.60. The van der Waals surface area contributed by atoms with E-state index in [9.17, 15) is 13.2 Å². The van der Waals surface area contributed by atoms with E-state index < -0.39 is 9.84 Å². The molecular formula is C17H21NO4S. The molecule has 1 heterocycles. The molecular weight excluding hydrogens is 314 g/mol. The van der Waals surface area contributed by atoms with Crippen molar-refractivity contribution in [2.24, 2.45) is 0 Å². The van der Waals surface area contributed by atoms with E-state index in [2.05, 4.69) is 0 Å². The second-order valence-corrected chi connectivity index (χ2v) is 7.42. The van der Waals surface area contributed by atoms with Crippen molar-refractivity contribution in [3.05, 3.63) is 54.0 Å². The van der Waals surface area contributed by atoms with Gasteiger partial charge in [0.25, 0.3) is 5.91 Å². The third-order valence-electron chi connectivity index (χ3n) is 3.58. The van der Waals surface area contributed by atoms with E-state index in [1.165, 1.54) is 6.26 Å². The quantitative estimate of drug-likeness (QED) is 0.779. The predicted molar refractivity (Wildman–Crippen MR) is 87.9 cm³/mol. The minimum atomic E-state index is -3.51. The summed E-state index contributed by atoms with van der Waals surface area (Å²) < 4.78 is 30.2. The van der Waals surface area contributed by atoms with Crippen molar-refractivity contribution in [3.63, 3.8) is 0 Å². The summed E-state index contributed by atoms with van der Waals surface area (Å²) in [5.41, 5.74) is 0.391. The lowest BCUT2D eigenvalue weighted by atomic mass is 10.2. The normalized spacial score (nSPS) is 11.4. The van der Waals surface area contributed by atoms with Crippen molar-refractivity contribution < 1.29 is 17.6 Å². The highest BCUT2D eigenvalue weighted by Crippen LogP contribution is 2.21. The molecule has 0 bridgehead atoms. The summed E-state index contributed by atoms with van der Waals surface area (Å²) in [7, 11) is -1.82. The fourth-order valence-electron chi connectivity index (χ4n) is 2.22. The minimum absolute atomic E-state index is 0.100. The molecule has 1 aromatic carbocycles. The molecule has 0 aliphatic rings. The number of amides is 1. The largest absolute Gasteiger partial charge is 0.459 e. The molecule has 5 nitrogen and oxygen atoms in total. The van der Waals surface area contributed by atoms with Gasteiger partial charge in [0.05, 0.1) is 16.9 Å². The molecule has 0 spiro atoms. The van der Waals surface area contributed by atoms with Crippen LogP contribution in [0.4, 0.5) is 0 Å². The molecule has 0 atom stereocenters. The van der Waals surface area contributed by atoms with Gasteiger partial charge in [0.2, 0.25) is 0 Å². The van der Waals surface area contributed by atoms with Crippen molar-refractivity contribution in [2.45, 2.75) is 30.4 Å². The molecule has 23 heavy (non-hydrogen) atoms. The van der Waals surface area contributed by atoms with Gasteiger partial charge in [0, 0.05) is 19.2 Å². The zero-order valence-corrected chi connectivity index (χ0v) is 14.2. The van der Waals surface area contributed by atoms with Crippen LogP contribution in [0.2, 0.25) is 0 Å². The Morgan fingerprint density at radius 3 is 2.52 bits per heavy atom. The summed E-state index contributed by atoms with van der Waals surface area (Å²) >= 11 is 0. The number of hydrogen-bond acceptors (Lipinski definition) is 4. The van der Waals surface area contributed by atoms with Crippen LogP contribution in [0, 0.1) is 0 Å². The molecule has 6 heteroatoms. The highest BCUT2D eigenvalue weighted by atomic mass is 32.2. The number of carbonyl (C=O) groups excluding carboxylic acids is 1. The first-order chi connectivity index (χ1) is 11.0. The third-order valence-corrected chi connectivity index (χ3v) is 5.26. The number of sulfone groups is 1. The van der Waals surface area contributed by atoms with E-state index in [1.54, 1.807) is 48.3 Å². The smallest absolute Gasteiger partial charge is 0.289 e. The van der Waals surface area contributed by atoms with Gasteiger partial charge in [0.1, 0.15) is 0 Å². The summed E-state index contributed by atoms with van der Waals surface area (Å²) in [6.45, 7) is 2.66. The van der Waals surface area contributed by atoms with Gasteiger partial charge in [-0.2, -0.15) is 0 Å². The van der Waals surface area contributed by atoms with Gasteiger partial charge in [-0.05, 0) is 24.6 Å². The Kier molecular flexibility index (Phi) is 5.60. The Bertz CT molecular complexity index is 750. The van der Waals surface area contributed by atoms with Crippen molar-refractivity contribution in [1.82, 2.24) is 4.90 Å². The fraction of sp³-hybridized carbons (Fsp3) is 0.353. The average Bonchev–Trinajstić information content (AvgIpc) is 3.00. The summed E-state index contributed by atoms with van der Waals surface area (Å²) in [5, 5.41) is 0. The van der Waals surface area contributed by atoms with Gasteiger partial charge < -0.3 is 9.32 Å². The predicted octanol–water partition coefficient (Wildman–Crippen LogP) is 3.13. The zero-order chi connectivity index (χ0) is 16.9. The minimum Gasteiger partial charge on any atom is -0.459 e. The Labute approximate surface area is 136 Å². The standard InChI is InChI=1S/C17H21NO4S/c1-3-4-11-18(2)17(19)16-14(10-12-22-16)13-23(20,21)15-8-6-5-7-9-15/h5-10,12H,3-4,11,13H2,1-2H3. The van der Waals surface area contributed by atoms with Crippen molar-refractivity contribution >= 4 is 15.7 Å². The SMILES string of the molecule is CCCCN(C)C(=O)c1occc1CS(=O)(=O)c1ccccc1. The molecule has 0 aliphatic carbocycles. The van der Waals surface area contributed by atoms with Gasteiger partial charge in [-0.3, -0.25) is 4.79 Å². The zero-order valence-electron chi connectivity index (χ0n) is 13.4. The maximum atomic E-state index is 12.4. The molecule has 124 valence electrons. The second-order valence-electron chi connectivity index (χ2n) is 5.43. The molecule has 0 aliphatic heterocycles. The summed E-state index contributed by atoms with van der Waals surface area (Å²) in [4.78, 5) is 14.2. The number of furan rings is 1. The summed E-state index contributed by atoms with van der Waals surface area (Å²) in [6, 6.07) is 9.74. The number of nitrogens with zero attached hydrogens (tertiary/aromatic N) is 1. The number of rotatable bonds is 7. The number of carbonyl (C=O) groups is 1. The van der Waals surface area contributed by atoms with E-state index in [1.807, 2.05) is 6.92 Å². The summed E-state index contributed by atoms with van der Waals surface area (Å²) in [5.74, 6) is -0.444. The molecule has 1 aromatic heterocycles. The highest BCUT2D eigenvalue weighted by Gasteiger charge is 2.24. The van der Waals surface area contributed by atoms with E-state index in [0.29, 0.717) is 12.1 Å². The Morgan fingerprint density at radius 2 is 1.87 bits per heavy atom. The molecule has 2 rings (SSSR count). The van der Waals surface area contributed by atoms with Crippen molar-refractivity contribution in [3.8, 4) is 0 Å². The van der Waals surface area contributed by atoms with E-state index in [0.717, 1.165) is 12.8 Å². The van der Waals surface area contributed by atoms with E-state index in [-0.39, 0.29) is 22.3 Å². The van der Waals surface area contributed by atoms with Crippen LogP contribution in [-0.4, -0.2) is 32.8 Å². The van der Waals surface area contributed by atoms with Gasteiger partial charge in [-0.1, -0.05) is 31.5 Å². The topological polar surface area (TPSA) is 67.6 Å². The lowest BCUT2D eigenvalue weighted by Gasteiger charge is -2.16. The van der Waals surface area contributed by atoms with Crippen LogP contribution in [0.1, 0.15) is 35.9 Å². The maximum absolute atomic E-state index is 12.4. The number of unbranched alkanes of at least 4 members (excludes halogenated alkanes) is 1. The van der Waals surface area contributed by atoms with Crippen LogP contribution in [0.15, 0.2) is 52.0 Å². The third kappa shape index (κ3) is 4.22. The molecule has 2 aromatic rings. The number of benzene rings is 1. The van der Waals surface area contributed by atoms with Crippen LogP contribution in [0.5, 0.6) is 0 Å². The van der Waals surface area contributed by atoms with Crippen LogP contribution in [-0.2, 0) is 15.6 Å². The molecule has 1 amide bonds. The van der Waals surface area contributed by atoms with Gasteiger partial charge in [0.15, 0.2) is 15.6 Å². The van der Waals surface area contributed by atoms with Gasteiger partial charge in [-0.15, -0.1) is 0 Å². The van der Waals surface area contributed by atoms with Crippen LogP contribution in [0.3, 0.4) is 0 Å². The molecule has 0 saturated carbocycles. The monoisotopic (exact) mass is 335 g/mol. The van der Waals surface area contributed by atoms with Gasteiger partial charge in [-0.25, -0.2) is 8.42 Å². The Morgan fingerprint density at radius 1 is 1.17 bits per heavy atom. The van der Waals surface area contributed by atoms with Crippen LogP contribution >= 0.6 is 0 Å².